The van der Waals surface area contributed by atoms with E-state index >= 15 is 0 Å². The van der Waals surface area contributed by atoms with Crippen molar-refractivity contribution < 1.29 is 9.90 Å². The van der Waals surface area contributed by atoms with E-state index < -0.39 is 11.5 Å². The van der Waals surface area contributed by atoms with Crippen molar-refractivity contribution in [3.05, 3.63) is 34.5 Å². The van der Waals surface area contributed by atoms with Gasteiger partial charge in [-0.25, -0.2) is 14.2 Å². The molecule has 0 bridgehead atoms. The van der Waals surface area contributed by atoms with E-state index in [1.807, 2.05) is 0 Å². The number of carboxylic acids is 1. The van der Waals surface area contributed by atoms with Crippen LogP contribution in [-0.4, -0.2) is 25.4 Å². The van der Waals surface area contributed by atoms with Crippen LogP contribution in [0.1, 0.15) is 10.5 Å². The number of hydrogen-bond acceptors (Lipinski definition) is 3. The number of fused-ring (bicyclic) bond motifs is 1. The lowest BCUT2D eigenvalue weighted by molar-refractivity contribution is 0.0689. The molecule has 2 rings (SSSR count). The Morgan fingerprint density at radius 3 is 3.08 bits per heavy atom. The van der Waals surface area contributed by atoms with Gasteiger partial charge in [0.25, 0.3) is 5.56 Å². The molecule has 0 aliphatic heterocycles. The number of nitrogens with zero attached hydrogens (tertiary/aromatic N) is 2. The molecule has 2 aromatic rings. The van der Waals surface area contributed by atoms with Gasteiger partial charge in [0.05, 0.1) is 6.20 Å². The fourth-order valence-corrected chi connectivity index (χ4v) is 1.09. The van der Waals surface area contributed by atoms with Gasteiger partial charge < -0.3 is 10.1 Å². The van der Waals surface area contributed by atoms with Crippen molar-refractivity contribution in [2.45, 2.75) is 0 Å². The third-order valence-corrected chi connectivity index (χ3v) is 1.64. The molecule has 0 aliphatic carbocycles. The predicted molar refractivity (Wildman–Crippen MR) is 42.8 cm³/mol. The second kappa shape index (κ2) is 2.44. The maximum absolute atomic E-state index is 11.2. The first-order chi connectivity index (χ1) is 6.20. The molecule has 13 heavy (non-hydrogen) atoms. The van der Waals surface area contributed by atoms with Gasteiger partial charge >= 0.3 is 5.97 Å². The highest BCUT2D eigenvalue weighted by Crippen LogP contribution is 1.99. The Labute approximate surface area is 71.5 Å². The van der Waals surface area contributed by atoms with Gasteiger partial charge in [0.15, 0.2) is 5.69 Å². The summed E-state index contributed by atoms with van der Waals surface area (Å²) in [6, 6.07) is 1.24. The monoisotopic (exact) mass is 179 g/mol. The smallest absolute Gasteiger partial charge is 0.354 e. The molecule has 2 N–H and O–H groups in total. The Hall–Kier alpha value is -2.11. The van der Waals surface area contributed by atoms with Crippen LogP contribution in [0, 0.1) is 0 Å². The lowest BCUT2D eigenvalue weighted by atomic mass is 10.5. The molecule has 0 saturated carbocycles. The van der Waals surface area contributed by atoms with Crippen molar-refractivity contribution in [1.82, 2.24) is 14.4 Å². The molecule has 0 fully saturated rings. The quantitative estimate of drug-likeness (QED) is 0.630. The van der Waals surface area contributed by atoms with E-state index in [1.54, 1.807) is 0 Å². The Bertz CT molecular complexity index is 525. The lowest BCUT2D eigenvalue weighted by Gasteiger charge is -1.92. The van der Waals surface area contributed by atoms with Crippen LogP contribution >= 0.6 is 0 Å². The van der Waals surface area contributed by atoms with E-state index in [9.17, 15) is 9.59 Å². The van der Waals surface area contributed by atoms with Crippen LogP contribution in [0.3, 0.4) is 0 Å². The third kappa shape index (κ3) is 0.994. The summed E-state index contributed by atoms with van der Waals surface area (Å²) in [4.78, 5) is 28.2. The molecule has 0 unspecified atom stereocenters. The zero-order chi connectivity index (χ0) is 9.42. The minimum atomic E-state index is -1.18. The maximum atomic E-state index is 11.2. The highest BCUT2D eigenvalue weighted by molar-refractivity contribution is 5.86. The van der Waals surface area contributed by atoms with Gasteiger partial charge in [-0.3, -0.25) is 4.79 Å². The average molecular weight is 179 g/mol. The SMILES string of the molecule is O=C(O)c1cnc2[nH]ccc(=O)n12. The first-order valence-electron chi connectivity index (χ1n) is 3.48. The van der Waals surface area contributed by atoms with Crippen LogP contribution < -0.4 is 5.56 Å². The van der Waals surface area contributed by atoms with E-state index in [0.29, 0.717) is 0 Å². The zero-order valence-electron chi connectivity index (χ0n) is 6.39. The first kappa shape index (κ1) is 7.53. The summed E-state index contributed by atoms with van der Waals surface area (Å²) in [5, 5.41) is 8.68. The fraction of sp³-hybridized carbons (Fsp3) is 0. The topological polar surface area (TPSA) is 87.5 Å². The second-order valence-electron chi connectivity index (χ2n) is 2.42. The van der Waals surface area contributed by atoms with Crippen molar-refractivity contribution >= 4 is 11.7 Å². The van der Waals surface area contributed by atoms with Crippen LogP contribution in [0.25, 0.3) is 5.78 Å². The number of nitrogens with one attached hydrogen (secondary N) is 1. The van der Waals surface area contributed by atoms with Crippen molar-refractivity contribution in [1.29, 1.82) is 0 Å². The molecule has 0 spiro atoms. The first-order valence-corrected chi connectivity index (χ1v) is 3.48. The molecular formula is C7H5N3O3. The summed E-state index contributed by atoms with van der Waals surface area (Å²) in [6.45, 7) is 0. The number of aromatic nitrogens is 3. The van der Waals surface area contributed by atoms with E-state index in [1.165, 1.54) is 12.3 Å². The molecule has 2 heterocycles. The highest BCUT2D eigenvalue weighted by Gasteiger charge is 2.11. The van der Waals surface area contributed by atoms with Crippen molar-refractivity contribution in [2.75, 3.05) is 0 Å². The normalized spacial score (nSPS) is 10.5. The molecule has 0 aliphatic rings. The summed E-state index contributed by atoms with van der Waals surface area (Å²) >= 11 is 0. The van der Waals surface area contributed by atoms with Crippen LogP contribution in [0.2, 0.25) is 0 Å². The minimum absolute atomic E-state index is 0.142. The number of aromatic amines is 1. The van der Waals surface area contributed by atoms with Crippen LogP contribution in [-0.2, 0) is 0 Å². The standard InChI is InChI=1S/C7H5N3O3/c11-5-1-2-8-7-9-3-4(6(12)13)10(5)7/h1-3H,(H,8,9)(H,12,13). The molecular weight excluding hydrogens is 174 g/mol. The van der Waals surface area contributed by atoms with Gasteiger partial charge in [-0.05, 0) is 0 Å². The number of imidazole rings is 1. The Balaban J connectivity index is 2.95. The predicted octanol–water partition coefficient (Wildman–Crippen LogP) is -0.279. The van der Waals surface area contributed by atoms with Gasteiger partial charge in [-0.15, -0.1) is 0 Å². The number of carbonyl (C=O) groups is 1. The Morgan fingerprint density at radius 1 is 1.62 bits per heavy atom. The summed E-state index contributed by atoms with van der Waals surface area (Å²) in [7, 11) is 0. The van der Waals surface area contributed by atoms with Gasteiger partial charge in [-0.2, -0.15) is 0 Å². The van der Waals surface area contributed by atoms with Crippen molar-refractivity contribution in [2.24, 2.45) is 0 Å². The fourth-order valence-electron chi connectivity index (χ4n) is 1.09. The highest BCUT2D eigenvalue weighted by atomic mass is 16.4. The molecule has 0 atom stereocenters. The van der Waals surface area contributed by atoms with E-state index in [4.69, 9.17) is 5.11 Å². The Kier molecular flexibility index (Phi) is 1.42. The maximum Gasteiger partial charge on any atom is 0.354 e. The summed E-state index contributed by atoms with van der Waals surface area (Å²) in [6.07, 6.45) is 2.55. The molecule has 66 valence electrons. The molecule has 0 aromatic carbocycles. The average Bonchev–Trinajstić information content (AvgIpc) is 2.49. The molecule has 0 saturated heterocycles. The number of H-pyrrole nitrogens is 1. The van der Waals surface area contributed by atoms with E-state index in [0.717, 1.165) is 10.6 Å². The minimum Gasteiger partial charge on any atom is -0.477 e. The lowest BCUT2D eigenvalue weighted by Crippen LogP contribution is -2.16. The largest absolute Gasteiger partial charge is 0.477 e. The van der Waals surface area contributed by atoms with Crippen molar-refractivity contribution in [3.63, 3.8) is 0 Å². The number of hydrogen-bond donors (Lipinski definition) is 2. The number of aromatic carboxylic acids is 1. The van der Waals surface area contributed by atoms with Gasteiger partial charge in [0, 0.05) is 12.3 Å². The van der Waals surface area contributed by atoms with Gasteiger partial charge in [0.1, 0.15) is 0 Å². The molecule has 0 radical (unpaired) electrons. The Morgan fingerprint density at radius 2 is 2.38 bits per heavy atom. The molecule has 2 aromatic heterocycles. The molecule has 0 amide bonds. The summed E-state index contributed by atoms with van der Waals surface area (Å²) in [5.41, 5.74) is -0.555. The van der Waals surface area contributed by atoms with Gasteiger partial charge in [-0.1, -0.05) is 0 Å². The van der Waals surface area contributed by atoms with Crippen LogP contribution in [0.15, 0.2) is 23.3 Å². The summed E-state index contributed by atoms with van der Waals surface area (Å²) < 4.78 is 1.00. The third-order valence-electron chi connectivity index (χ3n) is 1.64. The van der Waals surface area contributed by atoms with E-state index in [-0.39, 0.29) is 11.5 Å². The number of rotatable bonds is 1. The van der Waals surface area contributed by atoms with Crippen LogP contribution in [0.4, 0.5) is 0 Å². The van der Waals surface area contributed by atoms with Crippen molar-refractivity contribution in [3.8, 4) is 0 Å². The van der Waals surface area contributed by atoms with Crippen LogP contribution in [0.5, 0.6) is 0 Å². The molecule has 6 nitrogen and oxygen atoms in total. The molecule has 6 heteroatoms. The number of carboxylic acid groups (broad SMARTS) is 1. The zero-order valence-corrected chi connectivity index (χ0v) is 6.39. The van der Waals surface area contributed by atoms with E-state index in [2.05, 4.69) is 9.97 Å². The second-order valence-corrected chi connectivity index (χ2v) is 2.42. The summed E-state index contributed by atoms with van der Waals surface area (Å²) in [5.74, 6) is -0.950. The van der Waals surface area contributed by atoms with Gasteiger partial charge in [0.2, 0.25) is 5.78 Å².